The molecule has 0 amide bonds. The fourth-order valence-corrected chi connectivity index (χ4v) is 2.07. The molecule has 0 atom stereocenters. The van der Waals surface area contributed by atoms with Gasteiger partial charge >= 0.3 is 5.97 Å². The van der Waals surface area contributed by atoms with Gasteiger partial charge in [0.15, 0.2) is 11.5 Å². The van der Waals surface area contributed by atoms with E-state index < -0.39 is 5.97 Å². The van der Waals surface area contributed by atoms with Crippen molar-refractivity contribution in [1.82, 2.24) is 19.5 Å². The first kappa shape index (κ1) is 13.9. The fourth-order valence-electron chi connectivity index (χ4n) is 2.07. The molecule has 0 aliphatic heterocycles. The van der Waals surface area contributed by atoms with E-state index in [2.05, 4.69) is 15.0 Å². The molecule has 6 nitrogen and oxygen atoms in total. The van der Waals surface area contributed by atoms with Gasteiger partial charge in [-0.15, -0.1) is 0 Å². The van der Waals surface area contributed by atoms with Gasteiger partial charge in [-0.3, -0.25) is 4.57 Å². The molecule has 0 radical (unpaired) electrons. The number of hydrogen-bond donors (Lipinski definition) is 1. The number of carboxylic acid groups (broad SMARTS) is 1. The molecule has 6 heteroatoms. The Morgan fingerprint density at radius 2 is 2.00 bits per heavy atom. The minimum Gasteiger partial charge on any atom is -0.476 e. The number of carboxylic acids is 1. The van der Waals surface area contributed by atoms with E-state index in [0.717, 1.165) is 17.7 Å². The van der Waals surface area contributed by atoms with Crippen molar-refractivity contribution in [3.05, 3.63) is 60.3 Å². The Balaban J connectivity index is 2.09. The Labute approximate surface area is 127 Å². The first-order valence-corrected chi connectivity index (χ1v) is 6.88. The van der Waals surface area contributed by atoms with E-state index in [0.29, 0.717) is 11.6 Å². The molecule has 1 N–H and O–H groups in total. The number of aromatic carboxylic acids is 1. The van der Waals surface area contributed by atoms with E-state index in [9.17, 15) is 4.79 Å². The number of aromatic nitrogens is 4. The average molecular weight is 294 g/mol. The number of carbonyl (C=O) groups is 1. The molecule has 0 saturated heterocycles. The highest BCUT2D eigenvalue weighted by molar-refractivity contribution is 5.85. The van der Waals surface area contributed by atoms with Crippen LogP contribution < -0.4 is 0 Å². The predicted molar refractivity (Wildman–Crippen MR) is 80.9 cm³/mol. The first-order valence-electron chi connectivity index (χ1n) is 6.88. The fraction of sp³-hybridized carbons (Fsp3) is 0.125. The molecule has 0 aliphatic carbocycles. The highest BCUT2D eigenvalue weighted by Crippen LogP contribution is 2.18. The van der Waals surface area contributed by atoms with Gasteiger partial charge in [0.2, 0.25) is 0 Å². The largest absolute Gasteiger partial charge is 0.476 e. The van der Waals surface area contributed by atoms with Crippen LogP contribution in [0.1, 0.15) is 23.1 Å². The van der Waals surface area contributed by atoms with Gasteiger partial charge in [0.05, 0.1) is 0 Å². The number of aryl methyl sites for hydroxylation is 1. The van der Waals surface area contributed by atoms with E-state index in [-0.39, 0.29) is 5.69 Å². The van der Waals surface area contributed by atoms with Crippen LogP contribution in [-0.2, 0) is 6.42 Å². The maximum absolute atomic E-state index is 10.9. The van der Waals surface area contributed by atoms with Crippen molar-refractivity contribution in [2.75, 3.05) is 0 Å². The van der Waals surface area contributed by atoms with Crippen LogP contribution in [0.4, 0.5) is 0 Å². The van der Waals surface area contributed by atoms with Gasteiger partial charge in [-0.25, -0.2) is 19.7 Å². The Hall–Kier alpha value is -3.02. The number of benzene rings is 1. The molecule has 3 aromatic rings. The van der Waals surface area contributed by atoms with Crippen molar-refractivity contribution in [2.45, 2.75) is 13.3 Å². The highest BCUT2D eigenvalue weighted by atomic mass is 16.4. The summed E-state index contributed by atoms with van der Waals surface area (Å²) in [4.78, 5) is 23.8. The molecule has 0 saturated carbocycles. The summed E-state index contributed by atoms with van der Waals surface area (Å²) < 4.78 is 1.59. The molecule has 1 aromatic carbocycles. The van der Waals surface area contributed by atoms with Crippen molar-refractivity contribution in [3.8, 4) is 17.2 Å². The summed E-state index contributed by atoms with van der Waals surface area (Å²) in [5.41, 5.74) is 1.78. The number of hydrogen-bond acceptors (Lipinski definition) is 4. The molecular weight excluding hydrogens is 280 g/mol. The van der Waals surface area contributed by atoms with Crippen LogP contribution in [0.5, 0.6) is 0 Å². The van der Waals surface area contributed by atoms with E-state index in [4.69, 9.17) is 5.11 Å². The van der Waals surface area contributed by atoms with Crippen molar-refractivity contribution in [3.63, 3.8) is 0 Å². The van der Waals surface area contributed by atoms with Gasteiger partial charge in [-0.05, 0) is 6.42 Å². The highest BCUT2D eigenvalue weighted by Gasteiger charge is 2.11. The zero-order valence-electron chi connectivity index (χ0n) is 12.0. The predicted octanol–water partition coefficient (Wildman–Crippen LogP) is 2.59. The van der Waals surface area contributed by atoms with Gasteiger partial charge in [0.1, 0.15) is 12.1 Å². The second-order valence-electron chi connectivity index (χ2n) is 4.73. The quantitative estimate of drug-likeness (QED) is 0.800. The summed E-state index contributed by atoms with van der Waals surface area (Å²) in [6.07, 6.45) is 3.65. The van der Waals surface area contributed by atoms with Crippen molar-refractivity contribution in [2.24, 2.45) is 0 Å². The molecule has 3 rings (SSSR count). The van der Waals surface area contributed by atoms with E-state index in [1.54, 1.807) is 4.57 Å². The molecule has 110 valence electrons. The van der Waals surface area contributed by atoms with Gasteiger partial charge in [-0.2, -0.15) is 0 Å². The summed E-state index contributed by atoms with van der Waals surface area (Å²) >= 11 is 0. The van der Waals surface area contributed by atoms with E-state index >= 15 is 0 Å². The Morgan fingerprint density at radius 3 is 2.64 bits per heavy atom. The van der Waals surface area contributed by atoms with Gasteiger partial charge in [-0.1, -0.05) is 37.3 Å². The molecule has 0 fully saturated rings. The van der Waals surface area contributed by atoms with Gasteiger partial charge in [0.25, 0.3) is 0 Å². The van der Waals surface area contributed by atoms with Crippen molar-refractivity contribution < 1.29 is 9.90 Å². The summed E-state index contributed by atoms with van der Waals surface area (Å²) in [6.45, 7) is 2.01. The van der Waals surface area contributed by atoms with Crippen LogP contribution in [-0.4, -0.2) is 30.6 Å². The average Bonchev–Trinajstić information content (AvgIpc) is 3.05. The van der Waals surface area contributed by atoms with Crippen molar-refractivity contribution >= 4 is 5.97 Å². The lowest BCUT2D eigenvalue weighted by molar-refractivity contribution is 0.0691. The smallest absolute Gasteiger partial charge is 0.356 e. The monoisotopic (exact) mass is 294 g/mol. The second kappa shape index (κ2) is 5.77. The standard InChI is InChI=1S/C16H14N4O2/c1-2-12-8-14(20-9-13(16(21)22)17-10-20)19-15(18-12)11-6-4-3-5-7-11/h3-10H,2H2,1H3,(H,21,22). The Kier molecular flexibility index (Phi) is 3.65. The topological polar surface area (TPSA) is 80.9 Å². The molecule has 0 unspecified atom stereocenters. The number of rotatable bonds is 4. The molecule has 0 spiro atoms. The molecule has 0 bridgehead atoms. The van der Waals surface area contributed by atoms with Gasteiger partial charge < -0.3 is 5.11 Å². The normalized spacial score (nSPS) is 10.6. The number of imidazole rings is 1. The molecule has 22 heavy (non-hydrogen) atoms. The molecule has 2 heterocycles. The zero-order chi connectivity index (χ0) is 15.5. The minimum absolute atomic E-state index is 0.0158. The summed E-state index contributed by atoms with van der Waals surface area (Å²) in [6, 6.07) is 11.5. The van der Waals surface area contributed by atoms with Crippen LogP contribution in [0.15, 0.2) is 48.9 Å². The van der Waals surface area contributed by atoms with Crippen LogP contribution in [0.2, 0.25) is 0 Å². The van der Waals surface area contributed by atoms with Gasteiger partial charge in [0, 0.05) is 23.5 Å². The lowest BCUT2D eigenvalue weighted by Crippen LogP contribution is -2.02. The van der Waals surface area contributed by atoms with Crippen LogP contribution in [0.25, 0.3) is 17.2 Å². The van der Waals surface area contributed by atoms with E-state index in [1.807, 2.05) is 43.3 Å². The SMILES string of the molecule is CCc1cc(-n2cnc(C(=O)O)c2)nc(-c2ccccc2)n1. The van der Waals surface area contributed by atoms with Crippen LogP contribution in [0, 0.1) is 0 Å². The number of nitrogens with zero attached hydrogens (tertiary/aromatic N) is 4. The first-order chi connectivity index (χ1) is 10.7. The maximum Gasteiger partial charge on any atom is 0.356 e. The third kappa shape index (κ3) is 2.71. The van der Waals surface area contributed by atoms with Crippen LogP contribution in [0.3, 0.4) is 0 Å². The summed E-state index contributed by atoms with van der Waals surface area (Å²) in [5, 5.41) is 8.97. The maximum atomic E-state index is 10.9. The summed E-state index contributed by atoms with van der Waals surface area (Å²) in [5.74, 6) is 0.151. The third-order valence-corrected chi connectivity index (χ3v) is 3.23. The molecule has 2 aromatic heterocycles. The lowest BCUT2D eigenvalue weighted by atomic mass is 10.2. The van der Waals surface area contributed by atoms with Crippen LogP contribution >= 0.6 is 0 Å². The Bertz CT molecular complexity index is 812. The minimum atomic E-state index is -1.06. The Morgan fingerprint density at radius 1 is 1.23 bits per heavy atom. The third-order valence-electron chi connectivity index (χ3n) is 3.23. The second-order valence-corrected chi connectivity index (χ2v) is 4.73. The van der Waals surface area contributed by atoms with Crippen molar-refractivity contribution in [1.29, 1.82) is 0 Å². The molecule has 0 aliphatic rings. The molecular formula is C16H14N4O2. The van der Waals surface area contributed by atoms with E-state index in [1.165, 1.54) is 12.5 Å². The lowest BCUT2D eigenvalue weighted by Gasteiger charge is -2.07. The summed E-state index contributed by atoms with van der Waals surface area (Å²) in [7, 11) is 0. The zero-order valence-corrected chi connectivity index (χ0v) is 12.0.